The highest BCUT2D eigenvalue weighted by Gasteiger charge is 2.13. The number of rotatable bonds is 3. The summed E-state index contributed by atoms with van der Waals surface area (Å²) in [6.07, 6.45) is 7.88. The second-order valence-electron chi connectivity index (χ2n) is 3.76. The average molecular weight is 204 g/mol. The van der Waals surface area contributed by atoms with Gasteiger partial charge in [0.1, 0.15) is 0 Å². The van der Waals surface area contributed by atoms with Crippen LogP contribution in [-0.4, -0.2) is 5.25 Å². The van der Waals surface area contributed by atoms with E-state index in [2.05, 4.69) is 41.8 Å². The van der Waals surface area contributed by atoms with E-state index in [0.29, 0.717) is 0 Å². The van der Waals surface area contributed by atoms with Crippen molar-refractivity contribution in [1.82, 2.24) is 0 Å². The highest BCUT2D eigenvalue weighted by atomic mass is 32.2. The summed E-state index contributed by atoms with van der Waals surface area (Å²) in [5, 5.41) is 3.14. The third-order valence-electron chi connectivity index (χ3n) is 2.63. The Morgan fingerprint density at radius 1 is 1.07 bits per heavy atom. The molecule has 0 heterocycles. The van der Waals surface area contributed by atoms with Gasteiger partial charge in [-0.05, 0) is 29.9 Å². The first-order valence-electron chi connectivity index (χ1n) is 5.32. The summed E-state index contributed by atoms with van der Waals surface area (Å²) in [6, 6.07) is 10.5. The fraction of sp³-hybridized carbons (Fsp3) is 0.385. The van der Waals surface area contributed by atoms with Gasteiger partial charge in [0.15, 0.2) is 0 Å². The molecule has 2 rings (SSSR count). The molecule has 74 valence electrons. The van der Waals surface area contributed by atoms with Crippen molar-refractivity contribution in [3.8, 4) is 0 Å². The topological polar surface area (TPSA) is 0 Å². The maximum atomic E-state index is 2.26. The highest BCUT2D eigenvalue weighted by molar-refractivity contribution is 8.02. The first-order chi connectivity index (χ1) is 6.95. The van der Waals surface area contributed by atoms with E-state index in [0.717, 1.165) is 5.25 Å². The Morgan fingerprint density at radius 3 is 2.50 bits per heavy atom. The molecule has 0 N–H and O–H groups in total. The largest absolute Gasteiger partial charge is 0.131 e. The van der Waals surface area contributed by atoms with Gasteiger partial charge in [0.2, 0.25) is 0 Å². The summed E-state index contributed by atoms with van der Waals surface area (Å²) < 4.78 is 0. The normalized spacial score (nSPS) is 18.0. The Hall–Kier alpha value is -0.690. The van der Waals surface area contributed by atoms with Crippen LogP contribution in [0, 0.1) is 0 Å². The predicted octanol–water partition coefficient (Wildman–Crippen LogP) is 4.33. The Bertz CT molecular complexity index is 283. The van der Waals surface area contributed by atoms with Crippen molar-refractivity contribution in [3.05, 3.63) is 41.3 Å². The predicted molar refractivity (Wildman–Crippen MR) is 65.3 cm³/mol. The second kappa shape index (κ2) is 5.26. The van der Waals surface area contributed by atoms with E-state index < -0.39 is 0 Å². The number of hydrogen-bond acceptors (Lipinski definition) is 1. The first kappa shape index (κ1) is 9.85. The molecule has 0 bridgehead atoms. The monoisotopic (exact) mass is 204 g/mol. The molecule has 0 radical (unpaired) electrons. The Labute approximate surface area is 90.4 Å². The fourth-order valence-electron chi connectivity index (χ4n) is 1.82. The van der Waals surface area contributed by atoms with E-state index in [9.17, 15) is 0 Å². The molecule has 1 aliphatic rings. The van der Waals surface area contributed by atoms with Gasteiger partial charge in [-0.15, -0.1) is 11.8 Å². The molecule has 0 saturated heterocycles. The van der Waals surface area contributed by atoms with Crippen molar-refractivity contribution in [2.24, 2.45) is 0 Å². The third-order valence-corrected chi connectivity index (χ3v) is 3.78. The maximum absolute atomic E-state index is 2.26. The second-order valence-corrected chi connectivity index (χ2v) is 4.97. The van der Waals surface area contributed by atoms with Crippen LogP contribution < -0.4 is 0 Å². The van der Waals surface area contributed by atoms with Crippen molar-refractivity contribution in [2.75, 3.05) is 0 Å². The van der Waals surface area contributed by atoms with Gasteiger partial charge in [-0.3, -0.25) is 0 Å². The average Bonchev–Trinajstić information content (AvgIpc) is 2.72. The zero-order valence-electron chi connectivity index (χ0n) is 8.36. The van der Waals surface area contributed by atoms with Gasteiger partial charge in [0.25, 0.3) is 0 Å². The van der Waals surface area contributed by atoms with E-state index in [1.165, 1.54) is 31.2 Å². The summed E-state index contributed by atoms with van der Waals surface area (Å²) in [6.45, 7) is 0. The van der Waals surface area contributed by atoms with Crippen LogP contribution in [-0.2, 0) is 0 Å². The molecule has 0 atom stereocenters. The molecule has 1 aromatic rings. The zero-order chi connectivity index (χ0) is 9.64. The highest BCUT2D eigenvalue weighted by Crippen LogP contribution is 2.30. The molecule has 0 aliphatic heterocycles. The van der Waals surface area contributed by atoms with E-state index in [-0.39, 0.29) is 0 Å². The van der Waals surface area contributed by atoms with Gasteiger partial charge in [-0.25, -0.2) is 0 Å². The Balaban J connectivity index is 1.82. The zero-order valence-corrected chi connectivity index (χ0v) is 9.17. The molecule has 0 nitrogen and oxygen atoms in total. The molecule has 0 amide bonds. The first-order valence-corrected chi connectivity index (χ1v) is 6.26. The molecule has 1 heteroatoms. The minimum absolute atomic E-state index is 0.884. The van der Waals surface area contributed by atoms with Gasteiger partial charge >= 0.3 is 0 Å². The molecular weight excluding hydrogens is 188 g/mol. The van der Waals surface area contributed by atoms with Crippen molar-refractivity contribution in [3.63, 3.8) is 0 Å². The lowest BCUT2D eigenvalue weighted by Gasteiger charge is -2.02. The van der Waals surface area contributed by atoms with Crippen LogP contribution in [0.15, 0.2) is 35.7 Å². The summed E-state index contributed by atoms with van der Waals surface area (Å²) >= 11 is 2.00. The van der Waals surface area contributed by atoms with Gasteiger partial charge in [-0.2, -0.15) is 0 Å². The summed E-state index contributed by atoms with van der Waals surface area (Å²) in [5.41, 5.74) is 1.30. The number of hydrogen-bond donors (Lipinski definition) is 0. The molecular formula is C13H16S. The molecule has 14 heavy (non-hydrogen) atoms. The van der Waals surface area contributed by atoms with Crippen molar-refractivity contribution < 1.29 is 0 Å². The van der Waals surface area contributed by atoms with Crippen LogP contribution in [0.2, 0.25) is 0 Å². The van der Waals surface area contributed by atoms with E-state index in [4.69, 9.17) is 0 Å². The van der Waals surface area contributed by atoms with Gasteiger partial charge < -0.3 is 0 Å². The van der Waals surface area contributed by atoms with Gasteiger partial charge in [-0.1, -0.05) is 43.2 Å². The Morgan fingerprint density at radius 2 is 1.79 bits per heavy atom. The summed E-state index contributed by atoms with van der Waals surface area (Å²) in [7, 11) is 0. The molecule has 1 aliphatic carbocycles. The maximum Gasteiger partial charge on any atom is 0.00884 e. The molecule has 0 unspecified atom stereocenters. The van der Waals surface area contributed by atoms with Crippen molar-refractivity contribution in [1.29, 1.82) is 0 Å². The molecule has 1 aromatic carbocycles. The van der Waals surface area contributed by atoms with E-state index in [1.54, 1.807) is 0 Å². The minimum Gasteiger partial charge on any atom is -0.131 e. The number of thioether (sulfide) groups is 1. The van der Waals surface area contributed by atoms with E-state index >= 15 is 0 Å². The van der Waals surface area contributed by atoms with Crippen molar-refractivity contribution >= 4 is 17.8 Å². The number of benzene rings is 1. The standard InChI is InChI=1S/C13H16S/c1-2-6-12(7-3-1)10-11-14-13-8-4-5-9-13/h1-3,6-7,10-11,13H,4-5,8-9H2/b11-10+. The van der Waals surface area contributed by atoms with Crippen LogP contribution in [0.5, 0.6) is 0 Å². The summed E-state index contributed by atoms with van der Waals surface area (Å²) in [4.78, 5) is 0. The fourth-order valence-corrected chi connectivity index (χ4v) is 2.88. The van der Waals surface area contributed by atoms with Crippen LogP contribution in [0.3, 0.4) is 0 Å². The van der Waals surface area contributed by atoms with Gasteiger partial charge in [0, 0.05) is 5.25 Å². The van der Waals surface area contributed by atoms with Crippen LogP contribution >= 0.6 is 11.8 Å². The molecule has 0 spiro atoms. The molecule has 0 aromatic heterocycles. The van der Waals surface area contributed by atoms with Crippen LogP contribution in [0.25, 0.3) is 6.08 Å². The smallest absolute Gasteiger partial charge is 0.00884 e. The third kappa shape index (κ3) is 2.91. The lowest BCUT2D eigenvalue weighted by Crippen LogP contribution is -1.89. The Kier molecular flexibility index (Phi) is 3.70. The van der Waals surface area contributed by atoms with Crippen molar-refractivity contribution in [2.45, 2.75) is 30.9 Å². The SMILES string of the molecule is C(=C\c1ccccc1)/SC1CCCC1. The lowest BCUT2D eigenvalue weighted by molar-refractivity contribution is 0.886. The van der Waals surface area contributed by atoms with Gasteiger partial charge in [0.05, 0.1) is 0 Å². The van der Waals surface area contributed by atoms with Crippen LogP contribution in [0.4, 0.5) is 0 Å². The molecule has 1 fully saturated rings. The summed E-state index contributed by atoms with van der Waals surface area (Å²) in [5.74, 6) is 0. The lowest BCUT2D eigenvalue weighted by atomic mass is 10.2. The van der Waals surface area contributed by atoms with E-state index in [1.807, 2.05) is 11.8 Å². The van der Waals surface area contributed by atoms with Crippen LogP contribution in [0.1, 0.15) is 31.2 Å². The molecule has 1 saturated carbocycles. The quantitative estimate of drug-likeness (QED) is 0.706. The minimum atomic E-state index is 0.884.